The summed E-state index contributed by atoms with van der Waals surface area (Å²) in [4.78, 5) is 2.47. The van der Waals surface area contributed by atoms with E-state index >= 15 is 0 Å². The number of nitrogens with zero attached hydrogens (tertiary/aromatic N) is 1. The second-order valence-electron chi connectivity index (χ2n) is 5.68. The number of nitrogens with one attached hydrogen (secondary N) is 1. The van der Waals surface area contributed by atoms with E-state index in [4.69, 9.17) is 11.6 Å². The van der Waals surface area contributed by atoms with Gasteiger partial charge in [0.25, 0.3) is 0 Å². The fourth-order valence-corrected chi connectivity index (χ4v) is 3.02. The summed E-state index contributed by atoms with van der Waals surface area (Å²) < 4.78 is 13.0. The quantitative estimate of drug-likeness (QED) is 0.892. The first kappa shape index (κ1) is 13.3. The van der Waals surface area contributed by atoms with Gasteiger partial charge in [0.05, 0.1) is 0 Å². The van der Waals surface area contributed by atoms with Crippen LogP contribution in [0.1, 0.15) is 31.2 Å². The zero-order valence-electron chi connectivity index (χ0n) is 11.0. The van der Waals surface area contributed by atoms with E-state index in [1.165, 1.54) is 37.8 Å². The van der Waals surface area contributed by atoms with Gasteiger partial charge in [-0.05, 0) is 49.9 Å². The minimum atomic E-state index is -0.262. The molecule has 104 valence electrons. The van der Waals surface area contributed by atoms with E-state index < -0.39 is 0 Å². The molecule has 2 nitrogen and oxygen atoms in total. The van der Waals surface area contributed by atoms with Crippen LogP contribution in [0.3, 0.4) is 0 Å². The molecule has 1 saturated heterocycles. The van der Waals surface area contributed by atoms with Crippen LogP contribution in [-0.2, 0) is 6.54 Å². The standard InChI is InChI=1S/C15H20ClFN2/c16-15-8-12(17)4-3-11(15)10-19-7-1-2-14(19)9-18-13-5-6-13/h3-4,8,13-14,18H,1-2,5-7,9-10H2. The molecule has 1 saturated carbocycles. The van der Waals surface area contributed by atoms with Crippen LogP contribution in [0.25, 0.3) is 0 Å². The summed E-state index contributed by atoms with van der Waals surface area (Å²) in [5.74, 6) is -0.262. The van der Waals surface area contributed by atoms with Crippen molar-refractivity contribution in [1.29, 1.82) is 0 Å². The summed E-state index contributed by atoms with van der Waals surface area (Å²) in [7, 11) is 0. The van der Waals surface area contributed by atoms with Crippen LogP contribution in [0.5, 0.6) is 0 Å². The fraction of sp³-hybridized carbons (Fsp3) is 0.600. The van der Waals surface area contributed by atoms with Crippen LogP contribution in [0.2, 0.25) is 5.02 Å². The summed E-state index contributed by atoms with van der Waals surface area (Å²) in [6.45, 7) is 3.02. The summed E-state index contributed by atoms with van der Waals surface area (Å²) in [5, 5.41) is 4.15. The molecule has 0 spiro atoms. The van der Waals surface area contributed by atoms with E-state index in [-0.39, 0.29) is 5.82 Å². The highest BCUT2D eigenvalue weighted by atomic mass is 35.5. The van der Waals surface area contributed by atoms with E-state index in [0.717, 1.165) is 31.2 Å². The lowest BCUT2D eigenvalue weighted by molar-refractivity contribution is 0.239. The Bertz CT molecular complexity index is 448. The van der Waals surface area contributed by atoms with Gasteiger partial charge in [0, 0.05) is 30.2 Å². The van der Waals surface area contributed by atoms with Crippen molar-refractivity contribution in [3.63, 3.8) is 0 Å². The largest absolute Gasteiger partial charge is 0.312 e. The van der Waals surface area contributed by atoms with Crippen molar-refractivity contribution >= 4 is 11.6 Å². The van der Waals surface area contributed by atoms with Crippen LogP contribution in [-0.4, -0.2) is 30.1 Å². The van der Waals surface area contributed by atoms with E-state index in [0.29, 0.717) is 11.1 Å². The Morgan fingerprint density at radius 1 is 1.32 bits per heavy atom. The first-order valence-electron chi connectivity index (χ1n) is 7.14. The van der Waals surface area contributed by atoms with Gasteiger partial charge in [-0.2, -0.15) is 0 Å². The van der Waals surface area contributed by atoms with Crippen LogP contribution in [0.15, 0.2) is 18.2 Å². The van der Waals surface area contributed by atoms with Crippen molar-refractivity contribution in [3.05, 3.63) is 34.6 Å². The Morgan fingerprint density at radius 3 is 2.89 bits per heavy atom. The SMILES string of the molecule is Fc1ccc(CN2CCCC2CNC2CC2)c(Cl)c1. The molecule has 3 rings (SSSR count). The molecule has 2 fully saturated rings. The van der Waals surface area contributed by atoms with Gasteiger partial charge < -0.3 is 5.32 Å². The molecular weight excluding hydrogens is 263 g/mol. The highest BCUT2D eigenvalue weighted by Crippen LogP contribution is 2.25. The third kappa shape index (κ3) is 3.47. The maximum atomic E-state index is 13.0. The molecule has 1 aromatic carbocycles. The molecule has 0 amide bonds. The molecule has 1 aliphatic heterocycles. The van der Waals surface area contributed by atoms with Crippen molar-refractivity contribution in [2.45, 2.75) is 44.3 Å². The molecule has 0 bridgehead atoms. The molecule has 1 N–H and O–H groups in total. The van der Waals surface area contributed by atoms with Gasteiger partial charge in [-0.25, -0.2) is 4.39 Å². The zero-order chi connectivity index (χ0) is 13.2. The Kier molecular flexibility index (Phi) is 4.06. The highest BCUT2D eigenvalue weighted by Gasteiger charge is 2.27. The monoisotopic (exact) mass is 282 g/mol. The summed E-state index contributed by atoms with van der Waals surface area (Å²) in [5.41, 5.74) is 1.03. The third-order valence-electron chi connectivity index (χ3n) is 4.11. The minimum absolute atomic E-state index is 0.262. The first-order valence-corrected chi connectivity index (χ1v) is 7.51. The minimum Gasteiger partial charge on any atom is -0.312 e. The molecule has 1 aliphatic carbocycles. The number of likely N-dealkylation sites (tertiary alicyclic amines) is 1. The zero-order valence-corrected chi connectivity index (χ0v) is 11.8. The van der Waals surface area contributed by atoms with Gasteiger partial charge in [0.15, 0.2) is 0 Å². The predicted molar refractivity (Wildman–Crippen MR) is 75.9 cm³/mol. The summed E-state index contributed by atoms with van der Waals surface area (Å²) >= 11 is 6.11. The molecule has 4 heteroatoms. The molecular formula is C15H20ClFN2. The van der Waals surface area contributed by atoms with E-state index in [1.54, 1.807) is 6.07 Å². The first-order chi connectivity index (χ1) is 9.22. The van der Waals surface area contributed by atoms with Crippen LogP contribution in [0.4, 0.5) is 4.39 Å². The lowest BCUT2D eigenvalue weighted by Crippen LogP contribution is -2.38. The van der Waals surface area contributed by atoms with Gasteiger partial charge in [0.1, 0.15) is 5.82 Å². The van der Waals surface area contributed by atoms with Crippen LogP contribution < -0.4 is 5.32 Å². The van der Waals surface area contributed by atoms with Crippen LogP contribution >= 0.6 is 11.6 Å². The topological polar surface area (TPSA) is 15.3 Å². The number of hydrogen-bond donors (Lipinski definition) is 1. The van der Waals surface area contributed by atoms with Crippen LogP contribution in [0, 0.1) is 5.82 Å². The number of benzene rings is 1. The van der Waals surface area contributed by atoms with Gasteiger partial charge >= 0.3 is 0 Å². The molecule has 19 heavy (non-hydrogen) atoms. The van der Waals surface area contributed by atoms with E-state index in [1.807, 2.05) is 0 Å². The number of rotatable bonds is 5. The third-order valence-corrected chi connectivity index (χ3v) is 4.46. The maximum Gasteiger partial charge on any atom is 0.124 e. The summed E-state index contributed by atoms with van der Waals surface area (Å²) in [6.07, 6.45) is 5.15. The maximum absolute atomic E-state index is 13.0. The molecule has 2 aliphatic rings. The second kappa shape index (κ2) is 5.78. The normalized spacial score (nSPS) is 24.0. The van der Waals surface area contributed by atoms with Crippen molar-refractivity contribution in [3.8, 4) is 0 Å². The molecule has 1 unspecified atom stereocenters. The van der Waals surface area contributed by atoms with E-state index in [2.05, 4.69) is 10.2 Å². The van der Waals surface area contributed by atoms with Gasteiger partial charge in [0.2, 0.25) is 0 Å². The average molecular weight is 283 g/mol. The lowest BCUT2D eigenvalue weighted by atomic mass is 10.1. The molecule has 0 radical (unpaired) electrons. The Hall–Kier alpha value is -0.640. The number of hydrogen-bond acceptors (Lipinski definition) is 2. The molecule has 1 heterocycles. The van der Waals surface area contributed by atoms with Crippen molar-refractivity contribution in [2.75, 3.05) is 13.1 Å². The van der Waals surface area contributed by atoms with Crippen molar-refractivity contribution in [1.82, 2.24) is 10.2 Å². The van der Waals surface area contributed by atoms with Gasteiger partial charge in [-0.1, -0.05) is 17.7 Å². The highest BCUT2D eigenvalue weighted by molar-refractivity contribution is 6.31. The average Bonchev–Trinajstić information content (AvgIpc) is 3.11. The molecule has 0 aromatic heterocycles. The smallest absolute Gasteiger partial charge is 0.124 e. The molecule has 1 atom stereocenters. The Morgan fingerprint density at radius 2 is 2.16 bits per heavy atom. The fourth-order valence-electron chi connectivity index (χ4n) is 2.79. The molecule has 1 aromatic rings. The Labute approximate surface area is 118 Å². The van der Waals surface area contributed by atoms with E-state index in [9.17, 15) is 4.39 Å². The Balaban J connectivity index is 1.60. The van der Waals surface area contributed by atoms with Crippen molar-refractivity contribution in [2.24, 2.45) is 0 Å². The summed E-state index contributed by atoms with van der Waals surface area (Å²) in [6, 6.07) is 6.07. The van der Waals surface area contributed by atoms with Gasteiger partial charge in [-0.15, -0.1) is 0 Å². The van der Waals surface area contributed by atoms with Crippen molar-refractivity contribution < 1.29 is 4.39 Å². The second-order valence-corrected chi connectivity index (χ2v) is 6.09. The number of halogens is 2. The van der Waals surface area contributed by atoms with Gasteiger partial charge in [-0.3, -0.25) is 4.90 Å². The predicted octanol–water partition coefficient (Wildman–Crippen LogP) is 3.20. The lowest BCUT2D eigenvalue weighted by Gasteiger charge is -2.25.